The van der Waals surface area contributed by atoms with Gasteiger partial charge in [0.25, 0.3) is 5.91 Å². The highest BCUT2D eigenvalue weighted by molar-refractivity contribution is 6.30. The van der Waals surface area contributed by atoms with Crippen molar-refractivity contribution in [3.05, 3.63) is 65.2 Å². The van der Waals surface area contributed by atoms with Crippen LogP contribution in [-0.2, 0) is 4.79 Å². The summed E-state index contributed by atoms with van der Waals surface area (Å²) in [4.78, 5) is 25.5. The highest BCUT2D eigenvalue weighted by Crippen LogP contribution is 2.26. The van der Waals surface area contributed by atoms with Crippen LogP contribution in [-0.4, -0.2) is 17.4 Å². The van der Waals surface area contributed by atoms with Gasteiger partial charge in [-0.2, -0.15) is 10.1 Å². The van der Waals surface area contributed by atoms with Crippen LogP contribution in [0.5, 0.6) is 0 Å². The van der Waals surface area contributed by atoms with Gasteiger partial charge < -0.3 is 0 Å². The molecule has 4 nitrogen and oxygen atoms in total. The summed E-state index contributed by atoms with van der Waals surface area (Å²) in [6.45, 7) is 5.61. The Morgan fingerprint density at radius 3 is 2.22 bits per heavy atom. The molecule has 0 fully saturated rings. The van der Waals surface area contributed by atoms with E-state index in [1.54, 1.807) is 19.1 Å². The lowest BCUT2D eigenvalue weighted by Gasteiger charge is -2.14. The molecule has 0 radical (unpaired) electrons. The van der Waals surface area contributed by atoms with Crippen LogP contribution < -0.4 is 5.01 Å². The quantitative estimate of drug-likeness (QED) is 0.643. The molecule has 0 saturated heterocycles. The van der Waals surface area contributed by atoms with Crippen LogP contribution in [0.25, 0.3) is 0 Å². The maximum atomic E-state index is 12.8. The monoisotopic (exact) mass is 306 g/mol. The molecule has 0 unspecified atom stereocenters. The first-order valence-corrected chi connectivity index (χ1v) is 7.54. The molecule has 116 valence electrons. The minimum absolute atomic E-state index is 0.193. The summed E-state index contributed by atoms with van der Waals surface area (Å²) in [6, 6.07) is 14.8. The molecule has 0 spiro atoms. The smallest absolute Gasteiger partial charge is 0.264 e. The first-order chi connectivity index (χ1) is 11.0. The van der Waals surface area contributed by atoms with Gasteiger partial charge in [-0.05, 0) is 45.0 Å². The Balaban J connectivity index is 1.93. The third-order valence-corrected chi connectivity index (χ3v) is 3.90. The van der Waals surface area contributed by atoms with Gasteiger partial charge in [-0.1, -0.05) is 35.4 Å². The molecule has 1 amide bonds. The van der Waals surface area contributed by atoms with E-state index < -0.39 is 5.92 Å². The van der Waals surface area contributed by atoms with Crippen molar-refractivity contribution in [3.8, 4) is 0 Å². The number of hydrogen-bond donors (Lipinski definition) is 0. The highest BCUT2D eigenvalue weighted by Gasteiger charge is 2.39. The van der Waals surface area contributed by atoms with Gasteiger partial charge in [0.15, 0.2) is 5.78 Å². The lowest BCUT2D eigenvalue weighted by Crippen LogP contribution is -2.32. The number of carbonyl (C=O) groups excluding carboxylic acids is 2. The van der Waals surface area contributed by atoms with Crippen molar-refractivity contribution in [1.29, 1.82) is 0 Å². The molecular weight excluding hydrogens is 288 g/mol. The Kier molecular flexibility index (Phi) is 3.82. The zero-order valence-electron chi connectivity index (χ0n) is 13.4. The summed E-state index contributed by atoms with van der Waals surface area (Å²) in [5.74, 6) is -1.32. The Bertz CT molecular complexity index is 789. The normalized spacial score (nSPS) is 17.3. The highest BCUT2D eigenvalue weighted by atomic mass is 16.2. The van der Waals surface area contributed by atoms with Gasteiger partial charge in [-0.25, -0.2) is 0 Å². The third kappa shape index (κ3) is 2.80. The number of ketones is 1. The second-order valence-corrected chi connectivity index (χ2v) is 5.90. The maximum absolute atomic E-state index is 12.8. The zero-order chi connectivity index (χ0) is 16.6. The molecule has 2 aromatic rings. The van der Waals surface area contributed by atoms with E-state index >= 15 is 0 Å². The van der Waals surface area contributed by atoms with Crippen LogP contribution in [0.15, 0.2) is 53.6 Å². The summed E-state index contributed by atoms with van der Waals surface area (Å²) in [6.07, 6.45) is 0. The number of nitrogens with zero attached hydrogens (tertiary/aromatic N) is 2. The molecule has 1 aliphatic heterocycles. The summed E-state index contributed by atoms with van der Waals surface area (Å²) in [7, 11) is 0. The van der Waals surface area contributed by atoms with Crippen LogP contribution in [0.4, 0.5) is 5.69 Å². The van der Waals surface area contributed by atoms with Gasteiger partial charge in [0.2, 0.25) is 0 Å². The summed E-state index contributed by atoms with van der Waals surface area (Å²) in [5, 5.41) is 5.61. The number of amides is 1. The first-order valence-electron chi connectivity index (χ1n) is 7.54. The number of hydrazone groups is 1. The standard InChI is InChI=1S/C19H18N2O2/c1-12-9-13(2)11-15(10-12)18(22)17-14(3)20-21(19(17)23)16-7-5-4-6-8-16/h4-11,17H,1-3H3/t17-/m0/s1. The number of para-hydroxylation sites is 1. The number of hydrogen-bond acceptors (Lipinski definition) is 3. The van der Waals surface area contributed by atoms with Gasteiger partial charge in [0.1, 0.15) is 5.92 Å². The third-order valence-electron chi connectivity index (χ3n) is 3.90. The van der Waals surface area contributed by atoms with E-state index in [0.717, 1.165) is 11.1 Å². The predicted octanol–water partition coefficient (Wildman–Crippen LogP) is 3.53. The van der Waals surface area contributed by atoms with Crippen molar-refractivity contribution in [1.82, 2.24) is 0 Å². The van der Waals surface area contributed by atoms with E-state index in [0.29, 0.717) is 17.0 Å². The molecule has 23 heavy (non-hydrogen) atoms. The van der Waals surface area contributed by atoms with Crippen molar-refractivity contribution >= 4 is 23.1 Å². The molecule has 0 saturated carbocycles. The van der Waals surface area contributed by atoms with Crippen molar-refractivity contribution in [2.45, 2.75) is 20.8 Å². The van der Waals surface area contributed by atoms with Gasteiger partial charge in [0, 0.05) is 5.56 Å². The average Bonchev–Trinajstić information content (AvgIpc) is 2.81. The van der Waals surface area contributed by atoms with E-state index in [1.807, 2.05) is 50.2 Å². The van der Waals surface area contributed by atoms with E-state index in [1.165, 1.54) is 5.01 Å². The van der Waals surface area contributed by atoms with Crippen LogP contribution >= 0.6 is 0 Å². The molecule has 4 heteroatoms. The van der Waals surface area contributed by atoms with Crippen LogP contribution in [0.2, 0.25) is 0 Å². The number of aryl methyl sites for hydroxylation is 2. The van der Waals surface area contributed by atoms with E-state index in [-0.39, 0.29) is 11.7 Å². The fraction of sp³-hybridized carbons (Fsp3) is 0.211. The Labute approximate surface area is 135 Å². The molecule has 0 N–H and O–H groups in total. The minimum atomic E-state index is -0.837. The van der Waals surface area contributed by atoms with Crippen molar-refractivity contribution < 1.29 is 9.59 Å². The molecular formula is C19H18N2O2. The zero-order valence-corrected chi connectivity index (χ0v) is 13.4. The van der Waals surface area contributed by atoms with Gasteiger partial charge in [-0.3, -0.25) is 9.59 Å². The van der Waals surface area contributed by atoms with Crippen molar-refractivity contribution in [2.75, 3.05) is 5.01 Å². The number of benzene rings is 2. The molecule has 1 atom stereocenters. The number of Topliss-reactive ketones (excluding diaryl/α,β-unsaturated/α-hetero) is 1. The maximum Gasteiger partial charge on any atom is 0.264 e. The number of carbonyl (C=O) groups is 2. The summed E-state index contributed by atoms with van der Waals surface area (Å²) >= 11 is 0. The Morgan fingerprint density at radius 2 is 1.61 bits per heavy atom. The van der Waals surface area contributed by atoms with Crippen LogP contribution in [0.1, 0.15) is 28.4 Å². The topological polar surface area (TPSA) is 49.7 Å². The lowest BCUT2D eigenvalue weighted by molar-refractivity contribution is -0.118. The predicted molar refractivity (Wildman–Crippen MR) is 90.8 cm³/mol. The molecule has 0 aliphatic carbocycles. The molecule has 1 heterocycles. The van der Waals surface area contributed by atoms with E-state index in [9.17, 15) is 9.59 Å². The molecule has 2 aromatic carbocycles. The molecule has 0 bridgehead atoms. The van der Waals surface area contributed by atoms with Gasteiger partial charge in [-0.15, -0.1) is 0 Å². The van der Waals surface area contributed by atoms with Gasteiger partial charge >= 0.3 is 0 Å². The Morgan fingerprint density at radius 1 is 1.00 bits per heavy atom. The van der Waals surface area contributed by atoms with Crippen LogP contribution in [0.3, 0.4) is 0 Å². The van der Waals surface area contributed by atoms with Crippen molar-refractivity contribution in [2.24, 2.45) is 11.0 Å². The number of anilines is 1. The number of rotatable bonds is 3. The largest absolute Gasteiger partial charge is 0.293 e. The van der Waals surface area contributed by atoms with Gasteiger partial charge in [0.05, 0.1) is 11.4 Å². The summed E-state index contributed by atoms with van der Waals surface area (Å²) < 4.78 is 0. The Hall–Kier alpha value is -2.75. The molecule has 0 aromatic heterocycles. The van der Waals surface area contributed by atoms with E-state index in [2.05, 4.69) is 5.10 Å². The second kappa shape index (κ2) is 5.80. The van der Waals surface area contributed by atoms with Crippen molar-refractivity contribution in [3.63, 3.8) is 0 Å². The second-order valence-electron chi connectivity index (χ2n) is 5.90. The average molecular weight is 306 g/mol. The fourth-order valence-electron chi connectivity index (χ4n) is 2.91. The molecule has 1 aliphatic rings. The lowest BCUT2D eigenvalue weighted by atomic mass is 9.92. The van der Waals surface area contributed by atoms with Crippen LogP contribution in [0, 0.1) is 19.8 Å². The summed E-state index contributed by atoms with van der Waals surface area (Å²) in [5.41, 5.74) is 3.78. The fourth-order valence-corrected chi connectivity index (χ4v) is 2.91. The van der Waals surface area contributed by atoms with E-state index in [4.69, 9.17) is 0 Å². The minimum Gasteiger partial charge on any atom is -0.293 e. The SMILES string of the molecule is CC1=NN(c2ccccc2)C(=O)[C@@H]1C(=O)c1cc(C)cc(C)c1. The molecule has 3 rings (SSSR count). The first kappa shape index (κ1) is 15.2.